The number of hydrogen-bond donors (Lipinski definition) is 1. The lowest BCUT2D eigenvalue weighted by atomic mass is 10.2. The van der Waals surface area contributed by atoms with Gasteiger partial charge in [0.2, 0.25) is 0 Å². The molecule has 2 N–H and O–H groups in total. The first-order valence-electron chi connectivity index (χ1n) is 4.10. The first-order chi connectivity index (χ1) is 6.19. The Bertz CT molecular complexity index is 341. The number of rotatable bonds is 3. The summed E-state index contributed by atoms with van der Waals surface area (Å²) in [5.74, 6) is -0.456. The lowest BCUT2D eigenvalue weighted by Crippen LogP contribution is -2.09. The molecule has 13 heavy (non-hydrogen) atoms. The normalized spacial score (nSPS) is 11.7. The maximum absolute atomic E-state index is 10.8. The Kier molecular flexibility index (Phi) is 3.19. The molecule has 4 heteroatoms. The SMILES string of the molecule is CC=C(CC)c1cnc(C(N)=O)s1. The molecule has 0 aliphatic heterocycles. The van der Waals surface area contributed by atoms with Crippen LogP contribution in [-0.2, 0) is 0 Å². The lowest BCUT2D eigenvalue weighted by Gasteiger charge is -1.96. The molecule has 1 heterocycles. The number of allylic oxidation sites excluding steroid dienone is 2. The lowest BCUT2D eigenvalue weighted by molar-refractivity contribution is 0.1000. The van der Waals surface area contributed by atoms with E-state index in [1.54, 1.807) is 6.20 Å². The summed E-state index contributed by atoms with van der Waals surface area (Å²) in [4.78, 5) is 15.7. The van der Waals surface area contributed by atoms with E-state index < -0.39 is 5.91 Å². The van der Waals surface area contributed by atoms with Crippen LogP contribution in [0, 0.1) is 0 Å². The summed E-state index contributed by atoms with van der Waals surface area (Å²) in [7, 11) is 0. The molecule has 0 spiro atoms. The number of carbonyl (C=O) groups excluding carboxylic acids is 1. The van der Waals surface area contributed by atoms with E-state index >= 15 is 0 Å². The minimum Gasteiger partial charge on any atom is -0.364 e. The number of nitrogens with zero attached hydrogens (tertiary/aromatic N) is 1. The highest BCUT2D eigenvalue weighted by molar-refractivity contribution is 7.14. The van der Waals surface area contributed by atoms with E-state index in [0.29, 0.717) is 5.01 Å². The monoisotopic (exact) mass is 196 g/mol. The van der Waals surface area contributed by atoms with Gasteiger partial charge in [-0.2, -0.15) is 0 Å². The molecule has 0 aliphatic rings. The summed E-state index contributed by atoms with van der Waals surface area (Å²) in [6.45, 7) is 4.04. The topological polar surface area (TPSA) is 56.0 Å². The smallest absolute Gasteiger partial charge is 0.277 e. The third-order valence-electron chi connectivity index (χ3n) is 1.76. The van der Waals surface area contributed by atoms with Gasteiger partial charge in [0.1, 0.15) is 0 Å². The number of aromatic nitrogens is 1. The van der Waals surface area contributed by atoms with Gasteiger partial charge in [-0.25, -0.2) is 4.98 Å². The van der Waals surface area contributed by atoms with Crippen LogP contribution < -0.4 is 5.73 Å². The maximum atomic E-state index is 10.8. The molecule has 1 aromatic rings. The van der Waals surface area contributed by atoms with E-state index in [-0.39, 0.29) is 0 Å². The quantitative estimate of drug-likeness (QED) is 0.804. The summed E-state index contributed by atoms with van der Waals surface area (Å²) < 4.78 is 0. The average molecular weight is 196 g/mol. The summed E-state index contributed by atoms with van der Waals surface area (Å²) in [6.07, 6.45) is 4.67. The third kappa shape index (κ3) is 2.15. The molecule has 3 nitrogen and oxygen atoms in total. The molecule has 0 saturated carbocycles. The van der Waals surface area contributed by atoms with Crippen molar-refractivity contribution in [2.45, 2.75) is 20.3 Å². The fourth-order valence-corrected chi connectivity index (χ4v) is 1.97. The van der Waals surface area contributed by atoms with Gasteiger partial charge >= 0.3 is 0 Å². The molecule has 1 rings (SSSR count). The van der Waals surface area contributed by atoms with Crippen LogP contribution >= 0.6 is 11.3 Å². The van der Waals surface area contributed by atoms with Crippen molar-refractivity contribution >= 4 is 22.8 Å². The van der Waals surface area contributed by atoms with Crippen molar-refractivity contribution in [2.24, 2.45) is 5.73 Å². The van der Waals surface area contributed by atoms with Gasteiger partial charge in [-0.15, -0.1) is 11.3 Å². The first-order valence-corrected chi connectivity index (χ1v) is 4.91. The maximum Gasteiger partial charge on any atom is 0.277 e. The van der Waals surface area contributed by atoms with Gasteiger partial charge in [0.05, 0.1) is 4.88 Å². The zero-order valence-corrected chi connectivity index (χ0v) is 8.52. The van der Waals surface area contributed by atoms with Crippen molar-refractivity contribution in [3.8, 4) is 0 Å². The molecule has 0 atom stereocenters. The summed E-state index contributed by atoms with van der Waals surface area (Å²) in [5.41, 5.74) is 6.30. The summed E-state index contributed by atoms with van der Waals surface area (Å²) in [6, 6.07) is 0. The second-order valence-corrected chi connectivity index (χ2v) is 3.59. The van der Waals surface area contributed by atoms with Crippen molar-refractivity contribution in [1.82, 2.24) is 4.98 Å². The van der Waals surface area contributed by atoms with Gasteiger partial charge in [-0.05, 0) is 18.9 Å². The highest BCUT2D eigenvalue weighted by atomic mass is 32.1. The minimum absolute atomic E-state index is 0.378. The second kappa shape index (κ2) is 4.18. The van der Waals surface area contributed by atoms with Gasteiger partial charge in [0.25, 0.3) is 5.91 Å². The molecular weight excluding hydrogens is 184 g/mol. The summed E-state index contributed by atoms with van der Waals surface area (Å²) >= 11 is 1.34. The largest absolute Gasteiger partial charge is 0.364 e. The zero-order chi connectivity index (χ0) is 9.84. The molecule has 1 aromatic heterocycles. The van der Waals surface area contributed by atoms with E-state index in [0.717, 1.165) is 11.3 Å². The van der Waals surface area contributed by atoms with Crippen molar-refractivity contribution in [3.05, 3.63) is 22.2 Å². The van der Waals surface area contributed by atoms with Crippen LogP contribution in [0.3, 0.4) is 0 Å². The standard InChI is InChI=1S/C9H12N2OS/c1-3-6(4-2)7-5-11-9(13-7)8(10)12/h3,5H,4H2,1-2H3,(H2,10,12). The van der Waals surface area contributed by atoms with Crippen molar-refractivity contribution in [3.63, 3.8) is 0 Å². The Labute approximate surface area is 81.3 Å². The van der Waals surface area contributed by atoms with Crippen molar-refractivity contribution in [1.29, 1.82) is 0 Å². The van der Waals surface area contributed by atoms with Crippen molar-refractivity contribution < 1.29 is 4.79 Å². The van der Waals surface area contributed by atoms with Gasteiger partial charge in [-0.1, -0.05) is 13.0 Å². The number of amides is 1. The van der Waals surface area contributed by atoms with Crippen LogP contribution in [0.25, 0.3) is 5.57 Å². The summed E-state index contributed by atoms with van der Waals surface area (Å²) in [5, 5.41) is 0.378. The van der Waals surface area contributed by atoms with E-state index in [9.17, 15) is 4.79 Å². The fourth-order valence-electron chi connectivity index (χ4n) is 1.06. The average Bonchev–Trinajstić information content (AvgIpc) is 2.56. The van der Waals surface area contributed by atoms with E-state index in [1.165, 1.54) is 16.9 Å². The van der Waals surface area contributed by atoms with Gasteiger partial charge in [0.15, 0.2) is 5.01 Å². The Hall–Kier alpha value is -1.16. The molecule has 0 bridgehead atoms. The number of hydrogen-bond acceptors (Lipinski definition) is 3. The Morgan fingerprint density at radius 2 is 2.46 bits per heavy atom. The van der Waals surface area contributed by atoms with Crippen LogP contribution in [0.1, 0.15) is 34.9 Å². The molecule has 0 aromatic carbocycles. The molecule has 0 unspecified atom stereocenters. The van der Waals surface area contributed by atoms with E-state index in [1.807, 2.05) is 13.0 Å². The number of primary amides is 1. The molecule has 0 aliphatic carbocycles. The number of nitrogens with two attached hydrogens (primary N) is 1. The molecule has 0 fully saturated rings. The molecule has 0 saturated heterocycles. The second-order valence-electron chi connectivity index (χ2n) is 2.56. The van der Waals surface area contributed by atoms with E-state index in [4.69, 9.17) is 5.73 Å². The minimum atomic E-state index is -0.456. The highest BCUT2D eigenvalue weighted by Gasteiger charge is 2.08. The molecular formula is C9H12N2OS. The predicted molar refractivity (Wildman–Crippen MR) is 54.6 cm³/mol. The number of carbonyl (C=O) groups is 1. The van der Waals surface area contributed by atoms with Crippen molar-refractivity contribution in [2.75, 3.05) is 0 Å². The Balaban J connectivity index is 2.97. The zero-order valence-electron chi connectivity index (χ0n) is 7.70. The highest BCUT2D eigenvalue weighted by Crippen LogP contribution is 2.23. The molecule has 0 radical (unpaired) electrons. The van der Waals surface area contributed by atoms with Crippen LogP contribution in [0.5, 0.6) is 0 Å². The van der Waals surface area contributed by atoms with Crippen LogP contribution in [0.4, 0.5) is 0 Å². The first kappa shape index (κ1) is 9.92. The van der Waals surface area contributed by atoms with Gasteiger partial charge in [0, 0.05) is 6.20 Å². The molecule has 70 valence electrons. The Morgan fingerprint density at radius 3 is 2.85 bits per heavy atom. The molecule has 1 amide bonds. The predicted octanol–water partition coefficient (Wildman–Crippen LogP) is 2.06. The Morgan fingerprint density at radius 1 is 1.77 bits per heavy atom. The fraction of sp³-hybridized carbons (Fsp3) is 0.333. The third-order valence-corrected chi connectivity index (χ3v) is 2.85. The van der Waals surface area contributed by atoms with Crippen LogP contribution in [-0.4, -0.2) is 10.9 Å². The number of thiazole rings is 1. The van der Waals surface area contributed by atoms with Gasteiger partial charge in [-0.3, -0.25) is 4.79 Å². The van der Waals surface area contributed by atoms with Crippen LogP contribution in [0.2, 0.25) is 0 Å². The van der Waals surface area contributed by atoms with Crippen LogP contribution in [0.15, 0.2) is 12.3 Å². The van der Waals surface area contributed by atoms with Gasteiger partial charge < -0.3 is 5.73 Å². The van der Waals surface area contributed by atoms with E-state index in [2.05, 4.69) is 11.9 Å².